The number of likely N-dealkylation sites (tertiary alicyclic amines) is 1. The Balaban J connectivity index is 1.30. The van der Waals surface area contributed by atoms with Gasteiger partial charge >= 0.3 is 0 Å². The Hall–Kier alpha value is -3.15. The van der Waals surface area contributed by atoms with Crippen LogP contribution in [0.5, 0.6) is 0 Å². The maximum atomic E-state index is 13.5. The third-order valence-corrected chi connectivity index (χ3v) is 7.32. The van der Waals surface area contributed by atoms with Gasteiger partial charge in [-0.05, 0) is 91.5 Å². The molecule has 1 fully saturated rings. The van der Waals surface area contributed by atoms with Crippen molar-refractivity contribution >= 4 is 34.1 Å². The second-order valence-corrected chi connectivity index (χ2v) is 10.4. The number of carbonyl (C=O) groups excluding carboxylic acids is 1. The van der Waals surface area contributed by atoms with Crippen LogP contribution in [0.3, 0.4) is 0 Å². The van der Waals surface area contributed by atoms with Crippen molar-refractivity contribution < 1.29 is 9.18 Å². The first-order valence-electron chi connectivity index (χ1n) is 12.6. The predicted molar refractivity (Wildman–Crippen MR) is 145 cm³/mol. The number of aromatic nitrogens is 1. The van der Waals surface area contributed by atoms with Crippen molar-refractivity contribution in [3.63, 3.8) is 0 Å². The van der Waals surface area contributed by atoms with Gasteiger partial charge in [0.25, 0.3) is 0 Å². The van der Waals surface area contributed by atoms with Gasteiger partial charge in [-0.25, -0.2) is 4.39 Å². The molecule has 5 rings (SSSR count). The molecule has 1 amide bonds. The number of hydrogen-bond acceptors (Lipinski definition) is 2. The van der Waals surface area contributed by atoms with Gasteiger partial charge in [0.15, 0.2) is 0 Å². The Morgan fingerprint density at radius 2 is 1.81 bits per heavy atom. The van der Waals surface area contributed by atoms with Gasteiger partial charge in [-0.15, -0.1) is 0 Å². The lowest BCUT2D eigenvalue weighted by molar-refractivity contribution is -0.118. The molecule has 4 aromatic rings. The van der Waals surface area contributed by atoms with E-state index in [2.05, 4.69) is 39.2 Å². The van der Waals surface area contributed by atoms with Crippen LogP contribution in [-0.2, 0) is 11.3 Å². The van der Waals surface area contributed by atoms with Crippen LogP contribution in [0.15, 0.2) is 72.9 Å². The number of anilines is 1. The van der Waals surface area contributed by atoms with E-state index in [0.29, 0.717) is 10.9 Å². The number of piperidine rings is 1. The molecule has 3 aromatic carbocycles. The van der Waals surface area contributed by atoms with Crippen molar-refractivity contribution in [2.45, 2.75) is 39.2 Å². The fourth-order valence-corrected chi connectivity index (χ4v) is 5.20. The number of halogens is 2. The van der Waals surface area contributed by atoms with Crippen molar-refractivity contribution in [1.82, 2.24) is 9.47 Å². The van der Waals surface area contributed by atoms with E-state index in [-0.39, 0.29) is 17.6 Å². The van der Waals surface area contributed by atoms with Crippen molar-refractivity contribution in [2.24, 2.45) is 5.92 Å². The van der Waals surface area contributed by atoms with Crippen molar-refractivity contribution in [1.29, 1.82) is 0 Å². The van der Waals surface area contributed by atoms with Gasteiger partial charge in [-0.3, -0.25) is 9.69 Å². The van der Waals surface area contributed by atoms with Crippen LogP contribution >= 0.6 is 11.6 Å². The minimum atomic E-state index is -0.246. The van der Waals surface area contributed by atoms with Gasteiger partial charge in [-0.1, -0.05) is 43.6 Å². The maximum absolute atomic E-state index is 13.5. The average Bonchev–Trinajstić information content (AvgIpc) is 3.22. The quantitative estimate of drug-likeness (QED) is 0.297. The van der Waals surface area contributed by atoms with Crippen LogP contribution in [0.2, 0.25) is 5.02 Å². The van der Waals surface area contributed by atoms with Gasteiger partial charge < -0.3 is 9.88 Å². The number of fused-ring (bicyclic) bond motifs is 1. The second-order valence-electron chi connectivity index (χ2n) is 9.98. The Bertz CT molecular complexity index is 1370. The first-order valence-corrected chi connectivity index (χ1v) is 12.9. The second kappa shape index (κ2) is 10.5. The predicted octanol–water partition coefficient (Wildman–Crippen LogP) is 7.40. The molecule has 0 atom stereocenters. The van der Waals surface area contributed by atoms with E-state index in [9.17, 15) is 9.18 Å². The zero-order valence-electron chi connectivity index (χ0n) is 20.7. The third-order valence-electron chi connectivity index (χ3n) is 7.09. The summed E-state index contributed by atoms with van der Waals surface area (Å²) in [6.07, 6.45) is 4.30. The Kier molecular flexibility index (Phi) is 7.13. The largest absolute Gasteiger partial charge is 0.326 e. The molecular weight excluding hydrogens is 473 g/mol. The summed E-state index contributed by atoms with van der Waals surface area (Å²) in [5, 5.41) is 4.87. The molecule has 0 radical (unpaired) electrons. The lowest BCUT2D eigenvalue weighted by Gasteiger charge is -2.32. The topological polar surface area (TPSA) is 37.3 Å². The van der Waals surface area contributed by atoms with Crippen molar-refractivity contribution in [2.75, 3.05) is 18.4 Å². The highest BCUT2D eigenvalue weighted by molar-refractivity contribution is 6.31. The summed E-state index contributed by atoms with van der Waals surface area (Å²) in [7, 11) is 0. The molecule has 4 nitrogen and oxygen atoms in total. The normalized spacial score (nSPS) is 15.0. The zero-order chi connectivity index (χ0) is 25.2. The molecule has 1 N–H and O–H groups in total. The third kappa shape index (κ3) is 5.32. The standard InChI is InChI=1S/C30H31ClFN3O/c1-20(2)30(36)33-26-5-3-4-22(16-26)21-12-14-34(15-13-21)18-23-19-35(27-9-7-25(32)8-10-27)29-17-24(31)6-11-28(23)29/h3-11,16-17,19-21H,12-15,18H2,1-2H3,(H,33,36). The van der Waals surface area contributed by atoms with Crippen LogP contribution in [0.25, 0.3) is 16.6 Å². The molecule has 6 heteroatoms. The summed E-state index contributed by atoms with van der Waals surface area (Å²) < 4.78 is 15.6. The molecular formula is C30H31ClFN3O. The number of carbonyl (C=O) groups is 1. The highest BCUT2D eigenvalue weighted by atomic mass is 35.5. The molecule has 36 heavy (non-hydrogen) atoms. The summed E-state index contributed by atoms with van der Waals surface area (Å²) in [6, 6.07) is 20.8. The minimum absolute atomic E-state index is 0.0399. The van der Waals surface area contributed by atoms with E-state index in [1.807, 2.05) is 38.1 Å². The van der Waals surface area contributed by atoms with Gasteiger partial charge in [0.1, 0.15) is 5.82 Å². The summed E-state index contributed by atoms with van der Waals surface area (Å²) >= 11 is 6.33. The molecule has 1 aliphatic rings. The fraction of sp³-hybridized carbons (Fsp3) is 0.300. The number of benzene rings is 3. The van der Waals surface area contributed by atoms with E-state index < -0.39 is 0 Å². The van der Waals surface area contributed by atoms with E-state index in [1.165, 1.54) is 28.6 Å². The fourth-order valence-electron chi connectivity index (χ4n) is 5.03. The van der Waals surface area contributed by atoms with Crippen molar-refractivity contribution in [3.05, 3.63) is 94.9 Å². The molecule has 0 aliphatic carbocycles. The number of amides is 1. The molecule has 0 saturated carbocycles. The van der Waals surface area contributed by atoms with E-state index in [0.717, 1.165) is 49.4 Å². The van der Waals surface area contributed by atoms with Crippen LogP contribution in [-0.4, -0.2) is 28.5 Å². The lowest BCUT2D eigenvalue weighted by atomic mass is 9.89. The highest BCUT2D eigenvalue weighted by Crippen LogP contribution is 2.33. The number of nitrogens with one attached hydrogen (secondary N) is 1. The average molecular weight is 504 g/mol. The first kappa shape index (κ1) is 24.5. The van der Waals surface area contributed by atoms with Gasteiger partial charge in [-0.2, -0.15) is 0 Å². The molecule has 1 saturated heterocycles. The SMILES string of the molecule is CC(C)C(=O)Nc1cccc(C2CCN(Cc3cn(-c4ccc(F)cc4)c4cc(Cl)ccc34)CC2)c1. The van der Waals surface area contributed by atoms with Crippen LogP contribution in [0, 0.1) is 11.7 Å². The number of nitrogens with zero attached hydrogens (tertiary/aromatic N) is 2. The number of hydrogen-bond donors (Lipinski definition) is 1. The van der Waals surface area contributed by atoms with Crippen molar-refractivity contribution in [3.8, 4) is 5.69 Å². The maximum Gasteiger partial charge on any atom is 0.226 e. The monoisotopic (exact) mass is 503 g/mol. The molecule has 1 aromatic heterocycles. The summed E-state index contributed by atoms with van der Waals surface area (Å²) in [6.45, 7) is 6.67. The summed E-state index contributed by atoms with van der Waals surface area (Å²) in [5.41, 5.74) is 5.35. The van der Waals surface area contributed by atoms with Crippen LogP contribution in [0.1, 0.15) is 43.7 Å². The Labute approximate surface area is 216 Å². The first-order chi connectivity index (χ1) is 17.4. The smallest absolute Gasteiger partial charge is 0.226 e. The van der Waals surface area contributed by atoms with E-state index >= 15 is 0 Å². The summed E-state index contributed by atoms with van der Waals surface area (Å²) in [5.74, 6) is 0.241. The van der Waals surface area contributed by atoms with Gasteiger partial charge in [0.05, 0.1) is 5.52 Å². The lowest BCUT2D eigenvalue weighted by Crippen LogP contribution is -2.32. The molecule has 1 aliphatic heterocycles. The summed E-state index contributed by atoms with van der Waals surface area (Å²) in [4.78, 5) is 14.6. The van der Waals surface area contributed by atoms with E-state index in [4.69, 9.17) is 11.6 Å². The van der Waals surface area contributed by atoms with Gasteiger partial charge in [0.2, 0.25) is 5.91 Å². The van der Waals surface area contributed by atoms with E-state index in [1.54, 1.807) is 12.1 Å². The molecule has 186 valence electrons. The Morgan fingerprint density at radius 3 is 2.53 bits per heavy atom. The molecule has 0 bridgehead atoms. The Morgan fingerprint density at radius 1 is 1.06 bits per heavy atom. The van der Waals surface area contributed by atoms with Gasteiger partial charge in [0, 0.05) is 40.4 Å². The number of rotatable bonds is 6. The molecule has 0 unspecified atom stereocenters. The minimum Gasteiger partial charge on any atom is -0.326 e. The molecule has 2 heterocycles. The molecule has 0 spiro atoms. The van der Waals surface area contributed by atoms with Crippen LogP contribution in [0.4, 0.5) is 10.1 Å². The highest BCUT2D eigenvalue weighted by Gasteiger charge is 2.22. The van der Waals surface area contributed by atoms with Crippen LogP contribution < -0.4 is 5.32 Å². The zero-order valence-corrected chi connectivity index (χ0v) is 21.4.